The van der Waals surface area contributed by atoms with Crippen molar-refractivity contribution in [3.8, 4) is 0 Å². The molecule has 1 amide bonds. The quantitative estimate of drug-likeness (QED) is 0.848. The standard InChI is InChI=1S/C13H18F2N2O/c1-3-12(17-13(18)8(2)7-16)10-5-4-9(14)6-11(10)15/h4-6,8,12H,3,7,16H2,1-2H3,(H,17,18). The number of carbonyl (C=O) groups excluding carboxylic acids is 1. The van der Waals surface area contributed by atoms with Crippen LogP contribution in [0.3, 0.4) is 0 Å². The van der Waals surface area contributed by atoms with Gasteiger partial charge in [0.15, 0.2) is 0 Å². The maximum Gasteiger partial charge on any atom is 0.224 e. The molecule has 2 unspecified atom stereocenters. The van der Waals surface area contributed by atoms with Crippen LogP contribution in [0.4, 0.5) is 8.78 Å². The molecule has 0 aromatic heterocycles. The van der Waals surface area contributed by atoms with Crippen molar-refractivity contribution in [1.82, 2.24) is 5.32 Å². The van der Waals surface area contributed by atoms with Gasteiger partial charge in [0.25, 0.3) is 0 Å². The van der Waals surface area contributed by atoms with E-state index in [0.29, 0.717) is 6.42 Å². The number of hydrogen-bond acceptors (Lipinski definition) is 2. The second kappa shape index (κ2) is 6.44. The third-order valence-electron chi connectivity index (χ3n) is 2.86. The highest BCUT2D eigenvalue weighted by Gasteiger charge is 2.19. The van der Waals surface area contributed by atoms with E-state index >= 15 is 0 Å². The molecular formula is C13H18F2N2O. The molecule has 0 heterocycles. The summed E-state index contributed by atoms with van der Waals surface area (Å²) in [6.45, 7) is 3.75. The third kappa shape index (κ3) is 3.50. The van der Waals surface area contributed by atoms with Crippen molar-refractivity contribution in [3.63, 3.8) is 0 Å². The van der Waals surface area contributed by atoms with Gasteiger partial charge in [-0.2, -0.15) is 0 Å². The van der Waals surface area contributed by atoms with Gasteiger partial charge in [-0.15, -0.1) is 0 Å². The van der Waals surface area contributed by atoms with Crippen LogP contribution in [-0.4, -0.2) is 12.5 Å². The lowest BCUT2D eigenvalue weighted by molar-refractivity contribution is -0.125. The fourth-order valence-electron chi connectivity index (χ4n) is 1.60. The van der Waals surface area contributed by atoms with Gasteiger partial charge >= 0.3 is 0 Å². The molecule has 1 aromatic carbocycles. The topological polar surface area (TPSA) is 55.1 Å². The number of nitrogens with one attached hydrogen (secondary N) is 1. The molecular weight excluding hydrogens is 238 g/mol. The Hall–Kier alpha value is -1.49. The smallest absolute Gasteiger partial charge is 0.224 e. The number of carbonyl (C=O) groups is 1. The lowest BCUT2D eigenvalue weighted by Crippen LogP contribution is -2.36. The molecule has 18 heavy (non-hydrogen) atoms. The minimum absolute atomic E-state index is 0.229. The molecule has 2 atom stereocenters. The number of rotatable bonds is 5. The molecule has 0 aliphatic heterocycles. The van der Waals surface area contributed by atoms with Crippen LogP contribution < -0.4 is 11.1 Å². The Bertz CT molecular complexity index is 423. The zero-order valence-electron chi connectivity index (χ0n) is 10.5. The van der Waals surface area contributed by atoms with E-state index in [1.54, 1.807) is 6.92 Å². The molecule has 0 fully saturated rings. The summed E-state index contributed by atoms with van der Waals surface area (Å²) in [6.07, 6.45) is 0.519. The van der Waals surface area contributed by atoms with Crippen molar-refractivity contribution in [2.75, 3.05) is 6.54 Å². The van der Waals surface area contributed by atoms with Gasteiger partial charge in [0.05, 0.1) is 6.04 Å². The van der Waals surface area contributed by atoms with E-state index in [1.807, 2.05) is 6.92 Å². The van der Waals surface area contributed by atoms with Crippen LogP contribution in [0.25, 0.3) is 0 Å². The molecule has 0 bridgehead atoms. The Morgan fingerprint density at radius 2 is 2.11 bits per heavy atom. The molecule has 0 spiro atoms. The van der Waals surface area contributed by atoms with Crippen LogP contribution in [-0.2, 0) is 4.79 Å². The zero-order valence-corrected chi connectivity index (χ0v) is 10.5. The summed E-state index contributed by atoms with van der Waals surface area (Å²) in [6, 6.07) is 2.88. The molecule has 1 rings (SSSR count). The van der Waals surface area contributed by atoms with E-state index < -0.39 is 17.7 Å². The first-order chi connectivity index (χ1) is 8.49. The van der Waals surface area contributed by atoms with Gasteiger partial charge < -0.3 is 11.1 Å². The average molecular weight is 256 g/mol. The van der Waals surface area contributed by atoms with E-state index in [0.717, 1.165) is 6.07 Å². The Labute approximate surface area is 105 Å². The lowest BCUT2D eigenvalue weighted by atomic mass is 10.0. The molecule has 0 saturated heterocycles. The first kappa shape index (κ1) is 14.6. The van der Waals surface area contributed by atoms with Crippen molar-refractivity contribution in [2.45, 2.75) is 26.3 Å². The maximum atomic E-state index is 13.6. The van der Waals surface area contributed by atoms with Gasteiger partial charge in [0.2, 0.25) is 5.91 Å². The normalized spacial score (nSPS) is 14.1. The van der Waals surface area contributed by atoms with Crippen molar-refractivity contribution in [1.29, 1.82) is 0 Å². The Morgan fingerprint density at radius 1 is 1.44 bits per heavy atom. The maximum absolute atomic E-state index is 13.6. The summed E-state index contributed by atoms with van der Waals surface area (Å²) in [5.41, 5.74) is 5.68. The predicted molar refractivity (Wildman–Crippen MR) is 65.8 cm³/mol. The highest BCUT2D eigenvalue weighted by Crippen LogP contribution is 2.21. The molecule has 100 valence electrons. The first-order valence-electron chi connectivity index (χ1n) is 5.95. The van der Waals surface area contributed by atoms with Crippen LogP contribution >= 0.6 is 0 Å². The Morgan fingerprint density at radius 3 is 2.61 bits per heavy atom. The van der Waals surface area contributed by atoms with Crippen LogP contribution in [0.2, 0.25) is 0 Å². The van der Waals surface area contributed by atoms with Crippen molar-refractivity contribution in [3.05, 3.63) is 35.4 Å². The SMILES string of the molecule is CCC(NC(=O)C(C)CN)c1ccc(F)cc1F. The van der Waals surface area contributed by atoms with Gasteiger partial charge in [0, 0.05) is 24.1 Å². The van der Waals surface area contributed by atoms with Crippen LogP contribution in [0.15, 0.2) is 18.2 Å². The number of nitrogens with two attached hydrogens (primary N) is 1. The summed E-state index contributed by atoms with van der Waals surface area (Å²) in [7, 11) is 0. The predicted octanol–water partition coefficient (Wildman–Crippen LogP) is 2.13. The fourth-order valence-corrected chi connectivity index (χ4v) is 1.60. The minimum atomic E-state index is -0.650. The molecule has 5 heteroatoms. The molecule has 1 aromatic rings. The Kier molecular flexibility index (Phi) is 5.22. The second-order valence-corrected chi connectivity index (χ2v) is 4.27. The molecule has 3 nitrogen and oxygen atoms in total. The highest BCUT2D eigenvalue weighted by atomic mass is 19.1. The highest BCUT2D eigenvalue weighted by molar-refractivity contribution is 5.78. The van der Waals surface area contributed by atoms with E-state index in [1.165, 1.54) is 12.1 Å². The second-order valence-electron chi connectivity index (χ2n) is 4.27. The number of amides is 1. The summed E-state index contributed by atoms with van der Waals surface area (Å²) in [4.78, 5) is 11.7. The van der Waals surface area contributed by atoms with Crippen molar-refractivity contribution < 1.29 is 13.6 Å². The fraction of sp³-hybridized carbons (Fsp3) is 0.462. The molecule has 0 radical (unpaired) electrons. The van der Waals surface area contributed by atoms with Gasteiger partial charge in [0.1, 0.15) is 11.6 Å². The largest absolute Gasteiger partial charge is 0.349 e. The monoisotopic (exact) mass is 256 g/mol. The zero-order chi connectivity index (χ0) is 13.7. The summed E-state index contributed by atoms with van der Waals surface area (Å²) < 4.78 is 26.4. The molecule has 0 aliphatic rings. The van der Waals surface area contributed by atoms with Crippen molar-refractivity contribution in [2.24, 2.45) is 11.7 Å². The lowest BCUT2D eigenvalue weighted by Gasteiger charge is -2.20. The third-order valence-corrected chi connectivity index (χ3v) is 2.86. The van der Waals surface area contributed by atoms with E-state index in [-0.39, 0.29) is 23.9 Å². The first-order valence-corrected chi connectivity index (χ1v) is 5.95. The van der Waals surface area contributed by atoms with Crippen LogP contribution in [0.5, 0.6) is 0 Å². The Balaban J connectivity index is 2.86. The van der Waals surface area contributed by atoms with Gasteiger partial charge in [-0.05, 0) is 12.5 Å². The summed E-state index contributed by atoms with van der Waals surface area (Å²) >= 11 is 0. The number of hydrogen-bond donors (Lipinski definition) is 2. The molecule has 0 aliphatic carbocycles. The number of benzene rings is 1. The minimum Gasteiger partial charge on any atom is -0.349 e. The van der Waals surface area contributed by atoms with Crippen molar-refractivity contribution >= 4 is 5.91 Å². The van der Waals surface area contributed by atoms with E-state index in [4.69, 9.17) is 5.73 Å². The average Bonchev–Trinajstić information content (AvgIpc) is 2.35. The summed E-state index contributed by atoms with van der Waals surface area (Å²) in [5.74, 6) is -1.84. The van der Waals surface area contributed by atoms with Gasteiger partial charge in [-0.1, -0.05) is 19.9 Å². The molecule has 0 saturated carbocycles. The van der Waals surface area contributed by atoms with Crippen LogP contribution in [0.1, 0.15) is 31.9 Å². The number of halogens is 2. The summed E-state index contributed by atoms with van der Waals surface area (Å²) in [5, 5.41) is 2.71. The molecule has 3 N–H and O–H groups in total. The van der Waals surface area contributed by atoms with E-state index in [2.05, 4.69) is 5.32 Å². The van der Waals surface area contributed by atoms with Gasteiger partial charge in [-0.3, -0.25) is 4.79 Å². The van der Waals surface area contributed by atoms with Gasteiger partial charge in [-0.25, -0.2) is 8.78 Å². The van der Waals surface area contributed by atoms with E-state index in [9.17, 15) is 13.6 Å². The van der Waals surface area contributed by atoms with Crippen LogP contribution in [0, 0.1) is 17.6 Å².